The Bertz CT molecular complexity index is 1630. The van der Waals surface area contributed by atoms with Gasteiger partial charge in [0, 0.05) is 29.5 Å². The Hall–Kier alpha value is -3.66. The van der Waals surface area contributed by atoms with Crippen LogP contribution in [0.25, 0.3) is 0 Å². The Morgan fingerprint density at radius 3 is 2.14 bits per heavy atom. The average Bonchev–Trinajstić information content (AvgIpc) is 2.98. The lowest BCUT2D eigenvalue weighted by molar-refractivity contribution is -0.139. The van der Waals surface area contributed by atoms with Gasteiger partial charge in [0.25, 0.3) is 10.0 Å². The second kappa shape index (κ2) is 14.0. The normalized spacial score (nSPS) is 11.9. The molecule has 0 aromatic heterocycles. The lowest BCUT2D eigenvalue weighted by atomic mass is 10.0. The van der Waals surface area contributed by atoms with Gasteiger partial charge in [0.15, 0.2) is 0 Å². The summed E-state index contributed by atoms with van der Waals surface area (Å²) in [7, 11) is -2.64. The number of benzene rings is 4. The van der Waals surface area contributed by atoms with E-state index in [0.717, 1.165) is 19.9 Å². The smallest absolute Gasteiger partial charge is 0.264 e. The van der Waals surface area contributed by atoms with Gasteiger partial charge in [-0.2, -0.15) is 0 Å². The van der Waals surface area contributed by atoms with E-state index in [1.807, 2.05) is 43.3 Å². The first kappa shape index (κ1) is 31.3. The predicted octanol–water partition coefficient (Wildman–Crippen LogP) is 5.99. The van der Waals surface area contributed by atoms with Crippen molar-refractivity contribution in [1.29, 1.82) is 0 Å². The molecule has 0 unspecified atom stereocenters. The fraction of sp³-hybridized carbons (Fsp3) is 0.188. The standard InChI is InChI=1S/C32H31BrClN3O4S/c1-23-11-17-29(18-12-23)42(40,41)37(28-15-13-26(33)14-16-28)22-31(38)36(21-25-9-6-10-27(34)19-25)30(32(39)35-2)20-24-7-4-3-5-8-24/h3-19,30H,20-22H2,1-2H3,(H,35,39)/t30-/m1/s1. The third kappa shape index (κ3) is 7.79. The highest BCUT2D eigenvalue weighted by atomic mass is 79.9. The number of carbonyl (C=O) groups is 2. The maximum Gasteiger partial charge on any atom is 0.264 e. The van der Waals surface area contributed by atoms with Gasteiger partial charge in [-0.3, -0.25) is 13.9 Å². The first-order valence-electron chi connectivity index (χ1n) is 13.2. The molecule has 4 aromatic rings. The fourth-order valence-electron chi connectivity index (χ4n) is 4.53. The molecule has 0 spiro atoms. The predicted molar refractivity (Wildman–Crippen MR) is 170 cm³/mol. The van der Waals surface area contributed by atoms with Gasteiger partial charge >= 0.3 is 0 Å². The van der Waals surface area contributed by atoms with E-state index in [2.05, 4.69) is 21.2 Å². The lowest BCUT2D eigenvalue weighted by Gasteiger charge is -2.33. The van der Waals surface area contributed by atoms with Gasteiger partial charge in [0.2, 0.25) is 11.8 Å². The number of nitrogens with one attached hydrogen (secondary N) is 1. The summed E-state index contributed by atoms with van der Waals surface area (Å²) in [6.07, 6.45) is 0.232. The third-order valence-corrected chi connectivity index (χ3v) is 9.31. The minimum absolute atomic E-state index is 0.0447. The molecule has 1 N–H and O–H groups in total. The van der Waals surface area contributed by atoms with E-state index in [0.29, 0.717) is 16.3 Å². The molecule has 0 radical (unpaired) electrons. The van der Waals surface area contributed by atoms with Crippen LogP contribution in [0.5, 0.6) is 0 Å². The van der Waals surface area contributed by atoms with Crippen molar-refractivity contribution in [1.82, 2.24) is 10.2 Å². The molecular weight excluding hydrogens is 638 g/mol. The average molecular weight is 669 g/mol. The molecule has 10 heteroatoms. The van der Waals surface area contributed by atoms with Crippen LogP contribution in [-0.2, 0) is 32.6 Å². The highest BCUT2D eigenvalue weighted by Gasteiger charge is 2.34. The maximum absolute atomic E-state index is 14.3. The van der Waals surface area contributed by atoms with Crippen LogP contribution < -0.4 is 9.62 Å². The number of aryl methyl sites for hydroxylation is 1. The van der Waals surface area contributed by atoms with Crippen LogP contribution in [0.15, 0.2) is 112 Å². The van der Waals surface area contributed by atoms with Crippen molar-refractivity contribution < 1.29 is 18.0 Å². The molecule has 0 saturated carbocycles. The summed E-state index contributed by atoms with van der Waals surface area (Å²) >= 11 is 9.64. The summed E-state index contributed by atoms with van der Waals surface area (Å²) in [5.74, 6) is -0.913. The van der Waals surface area contributed by atoms with Crippen molar-refractivity contribution in [3.05, 3.63) is 129 Å². The van der Waals surface area contributed by atoms with Gasteiger partial charge in [-0.15, -0.1) is 0 Å². The van der Waals surface area contributed by atoms with Crippen molar-refractivity contribution in [3.8, 4) is 0 Å². The summed E-state index contributed by atoms with van der Waals surface area (Å²) in [5.41, 5.74) is 2.78. The molecule has 4 aromatic carbocycles. The lowest BCUT2D eigenvalue weighted by Crippen LogP contribution is -2.53. The minimum atomic E-state index is -4.15. The van der Waals surface area contributed by atoms with E-state index >= 15 is 0 Å². The van der Waals surface area contributed by atoms with Gasteiger partial charge in [-0.05, 0) is 66.6 Å². The van der Waals surface area contributed by atoms with Crippen molar-refractivity contribution in [2.24, 2.45) is 0 Å². The van der Waals surface area contributed by atoms with Gasteiger partial charge in [-0.25, -0.2) is 8.42 Å². The monoisotopic (exact) mass is 667 g/mol. The number of likely N-dealkylation sites (N-methyl/N-ethyl adjacent to an activating group) is 1. The van der Waals surface area contributed by atoms with Crippen LogP contribution in [0.3, 0.4) is 0 Å². The summed E-state index contributed by atoms with van der Waals surface area (Å²) in [6, 6.07) is 28.6. The Morgan fingerprint density at radius 2 is 1.52 bits per heavy atom. The fourth-order valence-corrected chi connectivity index (χ4v) is 6.42. The summed E-state index contributed by atoms with van der Waals surface area (Å²) < 4.78 is 29.8. The Labute approximate surface area is 260 Å². The second-order valence-electron chi connectivity index (χ2n) is 9.77. The highest BCUT2D eigenvalue weighted by Crippen LogP contribution is 2.27. The molecule has 42 heavy (non-hydrogen) atoms. The van der Waals surface area contributed by atoms with Gasteiger partial charge in [-0.1, -0.05) is 87.7 Å². The molecular formula is C32H31BrClN3O4S. The van der Waals surface area contributed by atoms with E-state index in [4.69, 9.17) is 11.6 Å². The van der Waals surface area contributed by atoms with Crippen LogP contribution in [0.2, 0.25) is 5.02 Å². The SMILES string of the molecule is CNC(=O)[C@@H](Cc1ccccc1)N(Cc1cccc(Cl)c1)C(=O)CN(c1ccc(Br)cc1)S(=O)(=O)c1ccc(C)cc1. The summed E-state index contributed by atoms with van der Waals surface area (Å²) in [5, 5.41) is 3.16. The molecule has 0 heterocycles. The van der Waals surface area contributed by atoms with Crippen LogP contribution in [-0.4, -0.2) is 44.8 Å². The molecule has 2 amide bonds. The zero-order valence-electron chi connectivity index (χ0n) is 23.2. The number of carbonyl (C=O) groups excluding carboxylic acids is 2. The first-order chi connectivity index (χ1) is 20.1. The number of sulfonamides is 1. The third-order valence-electron chi connectivity index (χ3n) is 6.76. The van der Waals surface area contributed by atoms with Crippen LogP contribution in [0.1, 0.15) is 16.7 Å². The number of hydrogen-bond acceptors (Lipinski definition) is 4. The Morgan fingerprint density at radius 1 is 0.881 bits per heavy atom. The molecule has 218 valence electrons. The Kier molecular flexibility index (Phi) is 10.4. The van der Waals surface area contributed by atoms with Crippen molar-refractivity contribution >= 4 is 55.1 Å². The van der Waals surface area contributed by atoms with E-state index in [-0.39, 0.29) is 23.8 Å². The number of anilines is 1. The van der Waals surface area contributed by atoms with Crippen LogP contribution in [0, 0.1) is 6.92 Å². The number of halogens is 2. The first-order valence-corrected chi connectivity index (χ1v) is 15.8. The van der Waals surface area contributed by atoms with Gasteiger partial charge in [0.05, 0.1) is 10.6 Å². The minimum Gasteiger partial charge on any atom is -0.357 e. The van der Waals surface area contributed by atoms with Gasteiger partial charge in [0.1, 0.15) is 12.6 Å². The molecule has 0 saturated heterocycles. The van der Waals surface area contributed by atoms with Crippen LogP contribution in [0.4, 0.5) is 5.69 Å². The zero-order chi connectivity index (χ0) is 30.3. The van der Waals surface area contributed by atoms with Crippen molar-refractivity contribution in [3.63, 3.8) is 0 Å². The quantitative estimate of drug-likeness (QED) is 0.213. The van der Waals surface area contributed by atoms with E-state index < -0.39 is 28.5 Å². The molecule has 0 fully saturated rings. The van der Waals surface area contributed by atoms with E-state index in [1.54, 1.807) is 54.6 Å². The summed E-state index contributed by atoms with van der Waals surface area (Å²) in [6.45, 7) is 1.38. The van der Waals surface area contributed by atoms with E-state index in [1.165, 1.54) is 24.1 Å². The number of nitrogens with zero attached hydrogens (tertiary/aromatic N) is 2. The maximum atomic E-state index is 14.3. The molecule has 4 rings (SSSR count). The van der Waals surface area contributed by atoms with Gasteiger partial charge < -0.3 is 10.2 Å². The molecule has 7 nitrogen and oxygen atoms in total. The molecule has 0 aliphatic rings. The largest absolute Gasteiger partial charge is 0.357 e. The van der Waals surface area contributed by atoms with Crippen molar-refractivity contribution in [2.45, 2.75) is 30.8 Å². The second-order valence-corrected chi connectivity index (χ2v) is 13.0. The zero-order valence-corrected chi connectivity index (χ0v) is 26.4. The summed E-state index contributed by atoms with van der Waals surface area (Å²) in [4.78, 5) is 29.0. The van der Waals surface area contributed by atoms with E-state index in [9.17, 15) is 18.0 Å². The molecule has 0 aliphatic heterocycles. The molecule has 0 bridgehead atoms. The molecule has 1 atom stereocenters. The number of rotatable bonds is 11. The number of hydrogen-bond donors (Lipinski definition) is 1. The highest BCUT2D eigenvalue weighted by molar-refractivity contribution is 9.10. The Balaban J connectivity index is 1.78. The van der Waals surface area contributed by atoms with Crippen molar-refractivity contribution in [2.75, 3.05) is 17.9 Å². The topological polar surface area (TPSA) is 86.8 Å². The molecule has 0 aliphatic carbocycles. The number of amides is 2. The van der Waals surface area contributed by atoms with Crippen LogP contribution >= 0.6 is 27.5 Å².